The van der Waals surface area contributed by atoms with E-state index in [1.807, 2.05) is 24.3 Å². The number of carbonyl (C=O) groups excluding carboxylic acids is 3. The van der Waals surface area contributed by atoms with Crippen LogP contribution < -0.4 is 20.9 Å². The van der Waals surface area contributed by atoms with Gasteiger partial charge in [0.15, 0.2) is 6.23 Å². The fraction of sp³-hybridized carbons (Fsp3) is 0.536. The molecule has 0 bridgehead atoms. The van der Waals surface area contributed by atoms with Gasteiger partial charge in [-0.15, -0.1) is 0 Å². The number of aliphatic hydroxyl groups is 1. The van der Waals surface area contributed by atoms with Crippen molar-refractivity contribution < 1.29 is 52.6 Å². The van der Waals surface area contributed by atoms with Crippen LogP contribution >= 0.6 is 0 Å². The second-order valence-electron chi connectivity index (χ2n) is 18.5. The molecule has 1 aromatic heterocycles. The van der Waals surface area contributed by atoms with Crippen LogP contribution in [-0.4, -0.2) is 158 Å². The number of piperidine rings is 2. The van der Waals surface area contributed by atoms with Gasteiger partial charge in [0.1, 0.15) is 0 Å². The molecule has 4 N–H and O–H groups in total. The van der Waals surface area contributed by atoms with Crippen molar-refractivity contribution in [2.75, 3.05) is 136 Å². The lowest BCUT2D eigenvalue weighted by atomic mass is 9.87. The number of ether oxygens (including phenoxy) is 7. The maximum absolute atomic E-state index is 13.9. The summed E-state index contributed by atoms with van der Waals surface area (Å²) in [4.78, 5) is 49.8. The van der Waals surface area contributed by atoms with E-state index in [1.54, 1.807) is 48.5 Å². The smallest absolute Gasteiger partial charge is 0.253 e. The molecule has 0 saturated carbocycles. The molecular weight excluding hydrogens is 933 g/mol. The number of fused-ring (bicyclic) bond motifs is 1. The molecule has 3 unspecified atom stereocenters. The van der Waals surface area contributed by atoms with Gasteiger partial charge in [-0.1, -0.05) is 36.4 Å². The molecule has 0 spiro atoms. The van der Waals surface area contributed by atoms with Crippen molar-refractivity contribution in [2.24, 2.45) is 5.92 Å². The van der Waals surface area contributed by atoms with E-state index in [4.69, 9.17) is 38.1 Å². The third kappa shape index (κ3) is 17.6. The minimum Gasteiger partial charge on any atom is -0.382 e. The van der Waals surface area contributed by atoms with Crippen molar-refractivity contribution in [2.45, 2.75) is 63.6 Å². The standard InChI is InChI=1S/C56H76N6O11/c1-67-26-27-69-30-31-71-34-35-73-37-36-72-33-32-70-29-28-68-25-21-58-53(63)46-14-9-24-62(41-46)56(66)45-13-7-12-43(38-45)54(64)60-51-18-17-47(61-22-5-2-6-23-61)40-49(51)52-39-44(19-20-57-52)55(65)59-50-16-8-11-42-10-3-4-15-48(42)50/h3-4,7,10,12-13,15,17-20,38-40,46,50,54,60,64H,2,5-6,8-9,11,14,16,21-37,41H2,1H3,(H,58,63)(H,59,65). The van der Waals surface area contributed by atoms with Gasteiger partial charge in [0.2, 0.25) is 5.91 Å². The van der Waals surface area contributed by atoms with E-state index in [2.05, 4.69) is 45.1 Å². The summed E-state index contributed by atoms with van der Waals surface area (Å²) in [7, 11) is 1.64. The lowest BCUT2D eigenvalue weighted by molar-refractivity contribution is -0.126. The molecule has 7 rings (SSSR count). The van der Waals surface area contributed by atoms with Crippen LogP contribution in [0.25, 0.3) is 11.3 Å². The Morgan fingerprint density at radius 1 is 0.685 bits per heavy atom. The molecule has 2 saturated heterocycles. The Bertz CT molecular complexity index is 2310. The summed E-state index contributed by atoms with van der Waals surface area (Å²) in [5.41, 5.74) is 6.91. The first-order chi connectivity index (χ1) is 35.9. The first-order valence-electron chi connectivity index (χ1n) is 26.2. The molecule has 3 aliphatic rings. The summed E-state index contributed by atoms with van der Waals surface area (Å²) >= 11 is 0. The molecule has 4 aromatic rings. The second-order valence-corrected chi connectivity index (χ2v) is 18.5. The van der Waals surface area contributed by atoms with Gasteiger partial charge in [-0.2, -0.15) is 0 Å². The summed E-state index contributed by atoms with van der Waals surface area (Å²) in [6, 6.07) is 24.9. The Morgan fingerprint density at radius 2 is 1.37 bits per heavy atom. The number of aliphatic hydroxyl groups excluding tert-OH is 1. The van der Waals surface area contributed by atoms with Crippen LogP contribution in [0.1, 0.15) is 94.6 Å². The highest BCUT2D eigenvalue weighted by atomic mass is 16.6. The van der Waals surface area contributed by atoms with E-state index in [1.165, 1.54) is 17.5 Å². The zero-order valence-electron chi connectivity index (χ0n) is 42.6. The van der Waals surface area contributed by atoms with Gasteiger partial charge in [-0.3, -0.25) is 19.4 Å². The third-order valence-corrected chi connectivity index (χ3v) is 13.4. The van der Waals surface area contributed by atoms with Crippen LogP contribution in [0.3, 0.4) is 0 Å². The Labute approximate surface area is 430 Å². The largest absolute Gasteiger partial charge is 0.382 e. The summed E-state index contributed by atoms with van der Waals surface area (Å²) < 4.78 is 37.9. The predicted molar refractivity (Wildman–Crippen MR) is 279 cm³/mol. The third-order valence-electron chi connectivity index (χ3n) is 13.4. The summed E-state index contributed by atoms with van der Waals surface area (Å²) in [6.45, 7) is 9.21. The zero-order chi connectivity index (χ0) is 50.9. The van der Waals surface area contributed by atoms with E-state index in [-0.39, 0.29) is 29.7 Å². The molecule has 3 heterocycles. The normalized spacial score (nSPS) is 17.2. The number of hydrogen-bond acceptors (Lipinski definition) is 14. The molecule has 0 radical (unpaired) electrons. The number of carbonyl (C=O) groups is 3. The lowest BCUT2D eigenvalue weighted by Crippen LogP contribution is -2.46. The van der Waals surface area contributed by atoms with Gasteiger partial charge in [0, 0.05) is 79.7 Å². The van der Waals surface area contributed by atoms with Gasteiger partial charge in [0.25, 0.3) is 11.8 Å². The number of anilines is 2. The van der Waals surface area contributed by atoms with Crippen molar-refractivity contribution in [3.05, 3.63) is 113 Å². The number of benzene rings is 3. The minimum atomic E-state index is -1.18. The number of nitrogens with one attached hydrogen (secondary N) is 3. The van der Waals surface area contributed by atoms with Gasteiger partial charge < -0.3 is 64.0 Å². The van der Waals surface area contributed by atoms with E-state index < -0.39 is 6.23 Å². The van der Waals surface area contributed by atoms with Crippen molar-refractivity contribution in [1.82, 2.24) is 20.5 Å². The molecule has 73 heavy (non-hydrogen) atoms. The highest BCUT2D eigenvalue weighted by molar-refractivity contribution is 5.96. The molecular formula is C56H76N6O11. The highest BCUT2D eigenvalue weighted by Crippen LogP contribution is 2.35. The summed E-state index contributed by atoms with van der Waals surface area (Å²) in [5.74, 6) is -0.820. The average Bonchev–Trinajstić information content (AvgIpc) is 3.43. The number of methoxy groups -OCH3 is 1. The fourth-order valence-corrected chi connectivity index (χ4v) is 9.45. The van der Waals surface area contributed by atoms with Crippen LogP contribution in [0.15, 0.2) is 85.1 Å². The number of hydrogen-bond donors (Lipinski definition) is 4. The number of nitrogens with zero attached hydrogens (tertiary/aromatic N) is 3. The minimum absolute atomic E-state index is 0.0624. The summed E-state index contributed by atoms with van der Waals surface area (Å²) in [5, 5.41) is 21.3. The zero-order valence-corrected chi connectivity index (χ0v) is 42.6. The van der Waals surface area contributed by atoms with E-state index in [0.717, 1.165) is 56.4 Å². The molecule has 2 aliphatic heterocycles. The topological polar surface area (TPSA) is 192 Å². The maximum Gasteiger partial charge on any atom is 0.253 e. The maximum atomic E-state index is 13.9. The molecule has 17 heteroatoms. The monoisotopic (exact) mass is 1010 g/mol. The number of amides is 3. The quantitative estimate of drug-likeness (QED) is 0.0333. The van der Waals surface area contributed by atoms with Gasteiger partial charge in [0.05, 0.1) is 104 Å². The molecule has 2 fully saturated rings. The molecule has 17 nitrogen and oxygen atoms in total. The van der Waals surface area contributed by atoms with Crippen molar-refractivity contribution in [3.63, 3.8) is 0 Å². The Morgan fingerprint density at radius 3 is 2.08 bits per heavy atom. The van der Waals surface area contributed by atoms with E-state index in [9.17, 15) is 19.5 Å². The molecule has 396 valence electrons. The number of aryl methyl sites for hydroxylation is 1. The molecule has 3 amide bonds. The van der Waals surface area contributed by atoms with Crippen LogP contribution in [0.5, 0.6) is 0 Å². The van der Waals surface area contributed by atoms with Gasteiger partial charge in [-0.25, -0.2) is 0 Å². The van der Waals surface area contributed by atoms with E-state index >= 15 is 0 Å². The van der Waals surface area contributed by atoms with Crippen molar-refractivity contribution >= 4 is 29.1 Å². The number of pyridine rings is 1. The summed E-state index contributed by atoms with van der Waals surface area (Å²) in [6.07, 6.45) is 8.19. The van der Waals surface area contributed by atoms with Crippen molar-refractivity contribution in [1.29, 1.82) is 0 Å². The van der Waals surface area contributed by atoms with Gasteiger partial charge in [-0.05, 0) is 105 Å². The Hall–Kier alpha value is -5.50. The average molecular weight is 1010 g/mol. The lowest BCUT2D eigenvalue weighted by Gasteiger charge is -2.32. The molecule has 3 atom stereocenters. The first-order valence-corrected chi connectivity index (χ1v) is 26.2. The Balaban J connectivity index is 0.843. The second kappa shape index (κ2) is 30.6. The number of likely N-dealkylation sites (tertiary alicyclic amines) is 1. The van der Waals surface area contributed by atoms with Crippen LogP contribution in [-0.2, 0) is 44.4 Å². The first kappa shape index (κ1) is 55.3. The molecule has 1 aliphatic carbocycles. The Kier molecular flexibility index (Phi) is 23.2. The van der Waals surface area contributed by atoms with Crippen LogP contribution in [0.4, 0.5) is 11.4 Å². The van der Waals surface area contributed by atoms with Crippen LogP contribution in [0, 0.1) is 5.92 Å². The highest BCUT2D eigenvalue weighted by Gasteiger charge is 2.30. The fourth-order valence-electron chi connectivity index (χ4n) is 9.45. The van der Waals surface area contributed by atoms with Gasteiger partial charge >= 0.3 is 0 Å². The van der Waals surface area contributed by atoms with E-state index in [0.29, 0.717) is 146 Å². The van der Waals surface area contributed by atoms with Crippen LogP contribution in [0.2, 0.25) is 0 Å². The predicted octanol–water partition coefficient (Wildman–Crippen LogP) is 6.36. The SMILES string of the molecule is COCCOCCOCCOCCOCCOCCOCCNC(=O)C1CCCN(C(=O)c2cccc(C(O)Nc3ccc(N4CCCCC4)cc3-c3cc(C(=O)NC4CCCc5ccccc54)ccn3)c2)C1. The van der Waals surface area contributed by atoms with Crippen molar-refractivity contribution in [3.8, 4) is 11.3 Å². The molecule has 3 aromatic carbocycles. The number of aromatic nitrogens is 1. The number of rotatable bonds is 30.